The standard InChI is InChI=1S/C7H16N2O5S/c1-3-4-6(10)5-8-15(12,13)9-7(11)14-2/h6,8,10H,3-5H2,1-2H3,(H,9,11). The molecule has 90 valence electrons. The van der Waals surface area contributed by atoms with Gasteiger partial charge in [-0.05, 0) is 6.42 Å². The third-order valence-electron chi connectivity index (χ3n) is 1.53. The van der Waals surface area contributed by atoms with Crippen molar-refractivity contribution in [3.05, 3.63) is 0 Å². The molecule has 0 aromatic rings. The van der Waals surface area contributed by atoms with E-state index in [4.69, 9.17) is 0 Å². The highest BCUT2D eigenvalue weighted by molar-refractivity contribution is 7.88. The number of nitrogens with one attached hydrogen (secondary N) is 2. The van der Waals surface area contributed by atoms with Crippen molar-refractivity contribution in [2.45, 2.75) is 25.9 Å². The van der Waals surface area contributed by atoms with Crippen molar-refractivity contribution >= 4 is 16.3 Å². The molecule has 7 nitrogen and oxygen atoms in total. The molecule has 0 fully saturated rings. The number of amides is 1. The molecule has 0 saturated carbocycles. The van der Waals surface area contributed by atoms with Gasteiger partial charge in [0.25, 0.3) is 0 Å². The summed E-state index contributed by atoms with van der Waals surface area (Å²) in [5.74, 6) is 0. The zero-order chi connectivity index (χ0) is 11.9. The van der Waals surface area contributed by atoms with Crippen LogP contribution < -0.4 is 9.44 Å². The fourth-order valence-corrected chi connectivity index (χ4v) is 1.62. The highest BCUT2D eigenvalue weighted by Crippen LogP contribution is 1.94. The fourth-order valence-electron chi connectivity index (χ4n) is 0.829. The Morgan fingerprint density at radius 3 is 2.60 bits per heavy atom. The number of hydrogen-bond acceptors (Lipinski definition) is 5. The van der Waals surface area contributed by atoms with Crippen molar-refractivity contribution in [1.29, 1.82) is 0 Å². The minimum absolute atomic E-state index is 0.139. The first-order valence-electron chi connectivity index (χ1n) is 4.44. The van der Waals surface area contributed by atoms with Crippen LogP contribution in [0.4, 0.5) is 4.79 Å². The molecule has 1 atom stereocenters. The molecule has 0 rings (SSSR count). The molecule has 0 aliphatic rings. The predicted molar refractivity (Wildman–Crippen MR) is 53.4 cm³/mol. The fraction of sp³-hybridized carbons (Fsp3) is 0.857. The number of carbonyl (C=O) groups is 1. The van der Waals surface area contributed by atoms with Crippen LogP contribution in [0, 0.1) is 0 Å². The van der Waals surface area contributed by atoms with Crippen molar-refractivity contribution in [2.24, 2.45) is 0 Å². The van der Waals surface area contributed by atoms with Gasteiger partial charge >= 0.3 is 16.3 Å². The first-order valence-corrected chi connectivity index (χ1v) is 5.93. The Balaban J connectivity index is 3.99. The smallest absolute Gasteiger partial charge is 0.421 e. The normalized spacial score (nSPS) is 13.3. The molecule has 0 aliphatic heterocycles. The van der Waals surface area contributed by atoms with E-state index >= 15 is 0 Å². The lowest BCUT2D eigenvalue weighted by molar-refractivity contribution is 0.166. The average Bonchev–Trinajstić information content (AvgIpc) is 2.15. The lowest BCUT2D eigenvalue weighted by Gasteiger charge is -2.11. The Morgan fingerprint density at radius 2 is 2.13 bits per heavy atom. The molecule has 0 aliphatic carbocycles. The summed E-state index contributed by atoms with van der Waals surface area (Å²) in [6, 6.07) is 0. The van der Waals surface area contributed by atoms with E-state index in [1.807, 2.05) is 11.6 Å². The lowest BCUT2D eigenvalue weighted by atomic mass is 10.2. The van der Waals surface area contributed by atoms with E-state index in [2.05, 4.69) is 4.74 Å². The molecule has 0 aromatic heterocycles. The molecule has 15 heavy (non-hydrogen) atoms. The van der Waals surface area contributed by atoms with Crippen LogP contribution in [-0.2, 0) is 14.9 Å². The molecule has 0 aromatic carbocycles. The summed E-state index contributed by atoms with van der Waals surface area (Å²) in [6.45, 7) is 1.73. The van der Waals surface area contributed by atoms with Crippen LogP contribution in [0.3, 0.4) is 0 Å². The summed E-state index contributed by atoms with van der Waals surface area (Å²) >= 11 is 0. The predicted octanol–water partition coefficient (Wildman–Crippen LogP) is -0.662. The summed E-state index contributed by atoms with van der Waals surface area (Å²) in [5.41, 5.74) is 0. The maximum atomic E-state index is 11.1. The second kappa shape index (κ2) is 6.59. The first kappa shape index (κ1) is 14.1. The molecule has 0 bridgehead atoms. The Bertz CT molecular complexity index is 290. The Hall–Kier alpha value is -0.860. The maximum absolute atomic E-state index is 11.1. The van der Waals surface area contributed by atoms with Gasteiger partial charge in [-0.25, -0.2) is 9.52 Å². The van der Waals surface area contributed by atoms with E-state index in [1.165, 1.54) is 0 Å². The molecule has 1 unspecified atom stereocenters. The van der Waals surface area contributed by atoms with Gasteiger partial charge in [0.15, 0.2) is 0 Å². The number of aliphatic hydroxyl groups is 1. The van der Waals surface area contributed by atoms with Crippen LogP contribution in [-0.4, -0.2) is 39.4 Å². The number of aliphatic hydroxyl groups excluding tert-OH is 1. The molecule has 1 amide bonds. The summed E-state index contributed by atoms with van der Waals surface area (Å²) < 4.78 is 29.9. The summed E-state index contributed by atoms with van der Waals surface area (Å²) in [6.07, 6.45) is -0.606. The van der Waals surface area contributed by atoms with E-state index < -0.39 is 22.4 Å². The molecule has 8 heteroatoms. The van der Waals surface area contributed by atoms with Crippen LogP contribution in [0.5, 0.6) is 0 Å². The van der Waals surface area contributed by atoms with Gasteiger partial charge in [0, 0.05) is 6.54 Å². The van der Waals surface area contributed by atoms with E-state index in [1.54, 1.807) is 4.72 Å². The minimum atomic E-state index is -3.94. The van der Waals surface area contributed by atoms with E-state index in [-0.39, 0.29) is 6.54 Å². The summed E-state index contributed by atoms with van der Waals surface area (Å²) in [5, 5.41) is 9.23. The average molecular weight is 240 g/mol. The number of hydrogen-bond donors (Lipinski definition) is 3. The Labute approximate surface area is 89.0 Å². The van der Waals surface area contributed by atoms with Gasteiger partial charge in [-0.1, -0.05) is 13.3 Å². The van der Waals surface area contributed by atoms with Crippen LogP contribution in [0.2, 0.25) is 0 Å². The highest BCUT2D eigenvalue weighted by Gasteiger charge is 2.15. The van der Waals surface area contributed by atoms with E-state index in [9.17, 15) is 18.3 Å². The molecular formula is C7H16N2O5S. The van der Waals surface area contributed by atoms with Crippen molar-refractivity contribution in [3.8, 4) is 0 Å². The summed E-state index contributed by atoms with van der Waals surface area (Å²) in [7, 11) is -2.89. The van der Waals surface area contributed by atoms with Crippen LogP contribution >= 0.6 is 0 Å². The Morgan fingerprint density at radius 1 is 1.53 bits per heavy atom. The monoisotopic (exact) mass is 240 g/mol. The lowest BCUT2D eigenvalue weighted by Crippen LogP contribution is -2.43. The molecule has 0 radical (unpaired) electrons. The molecule has 0 saturated heterocycles. The van der Waals surface area contributed by atoms with Crippen molar-refractivity contribution in [1.82, 2.24) is 9.44 Å². The largest absolute Gasteiger partial charge is 0.452 e. The van der Waals surface area contributed by atoms with Gasteiger partial charge in [0.1, 0.15) is 0 Å². The van der Waals surface area contributed by atoms with Gasteiger partial charge < -0.3 is 9.84 Å². The second-order valence-electron chi connectivity index (χ2n) is 2.89. The second-order valence-corrected chi connectivity index (χ2v) is 4.39. The highest BCUT2D eigenvalue weighted by atomic mass is 32.2. The van der Waals surface area contributed by atoms with Gasteiger partial charge in [-0.2, -0.15) is 13.1 Å². The van der Waals surface area contributed by atoms with Crippen molar-refractivity contribution in [2.75, 3.05) is 13.7 Å². The van der Waals surface area contributed by atoms with Crippen LogP contribution in [0.25, 0.3) is 0 Å². The molecule has 0 spiro atoms. The van der Waals surface area contributed by atoms with E-state index in [0.29, 0.717) is 6.42 Å². The molecule has 0 heterocycles. The number of ether oxygens (including phenoxy) is 1. The van der Waals surface area contributed by atoms with Gasteiger partial charge in [-0.3, -0.25) is 0 Å². The van der Waals surface area contributed by atoms with Crippen molar-refractivity contribution < 1.29 is 23.1 Å². The summed E-state index contributed by atoms with van der Waals surface area (Å²) in [4.78, 5) is 10.6. The number of methoxy groups -OCH3 is 1. The Kier molecular flexibility index (Phi) is 6.21. The van der Waals surface area contributed by atoms with Gasteiger partial charge in [-0.15, -0.1) is 0 Å². The minimum Gasteiger partial charge on any atom is -0.452 e. The zero-order valence-electron chi connectivity index (χ0n) is 8.69. The quantitative estimate of drug-likeness (QED) is 0.571. The topological polar surface area (TPSA) is 105 Å². The maximum Gasteiger partial charge on any atom is 0.421 e. The molecule has 3 N–H and O–H groups in total. The molecular weight excluding hydrogens is 224 g/mol. The SMILES string of the molecule is CCCC(O)CNS(=O)(=O)NC(=O)OC. The van der Waals surface area contributed by atoms with Crippen LogP contribution in [0.15, 0.2) is 0 Å². The third-order valence-corrected chi connectivity index (χ3v) is 2.52. The number of carbonyl (C=O) groups excluding carboxylic acids is 1. The first-order chi connectivity index (χ1) is 6.91. The van der Waals surface area contributed by atoms with E-state index in [0.717, 1.165) is 13.5 Å². The third kappa shape index (κ3) is 7.11. The number of rotatable bonds is 6. The van der Waals surface area contributed by atoms with Gasteiger partial charge in [0.2, 0.25) is 0 Å². The van der Waals surface area contributed by atoms with Gasteiger partial charge in [0.05, 0.1) is 13.2 Å². The zero-order valence-corrected chi connectivity index (χ0v) is 9.50. The van der Waals surface area contributed by atoms with Crippen molar-refractivity contribution in [3.63, 3.8) is 0 Å². The van der Waals surface area contributed by atoms with Crippen LogP contribution in [0.1, 0.15) is 19.8 Å².